The number of aromatic nitrogens is 2. The summed E-state index contributed by atoms with van der Waals surface area (Å²) in [5.41, 5.74) is 6.76. The second kappa shape index (κ2) is 3.07. The van der Waals surface area contributed by atoms with Crippen LogP contribution in [0.5, 0.6) is 0 Å². The first-order valence-corrected chi connectivity index (χ1v) is 4.58. The van der Waals surface area contributed by atoms with Crippen LogP contribution in [-0.2, 0) is 13.0 Å². The third-order valence-electron chi connectivity index (χ3n) is 2.49. The third kappa shape index (κ3) is 1.23. The molecule has 0 amide bonds. The summed E-state index contributed by atoms with van der Waals surface area (Å²) in [6.07, 6.45) is 3.94. The van der Waals surface area contributed by atoms with Crippen LogP contribution in [-0.4, -0.2) is 16.1 Å². The van der Waals surface area contributed by atoms with Gasteiger partial charge in [0.25, 0.3) is 0 Å². The zero-order chi connectivity index (χ0) is 8.55. The summed E-state index contributed by atoms with van der Waals surface area (Å²) in [5.74, 6) is 0.590. The molecule has 0 aromatic carbocycles. The fourth-order valence-corrected chi connectivity index (χ4v) is 1.90. The van der Waals surface area contributed by atoms with Gasteiger partial charge in [0.05, 0.1) is 12.0 Å². The van der Waals surface area contributed by atoms with Crippen LogP contribution < -0.4 is 5.73 Å². The zero-order valence-electron chi connectivity index (χ0n) is 6.83. The minimum atomic E-state index is 0.590. The Morgan fingerprint density at radius 3 is 3.33 bits per heavy atom. The molecule has 1 aliphatic heterocycles. The van der Waals surface area contributed by atoms with Crippen molar-refractivity contribution in [2.45, 2.75) is 19.4 Å². The molecule has 3 nitrogen and oxygen atoms in total. The van der Waals surface area contributed by atoms with Crippen LogP contribution in [0.25, 0.3) is 0 Å². The van der Waals surface area contributed by atoms with Crippen LogP contribution in [0.3, 0.4) is 0 Å². The highest BCUT2D eigenvalue weighted by Gasteiger charge is 2.19. The normalized spacial score (nSPS) is 22.3. The summed E-state index contributed by atoms with van der Waals surface area (Å²) in [7, 11) is 0. The highest BCUT2D eigenvalue weighted by Crippen LogP contribution is 2.24. The van der Waals surface area contributed by atoms with E-state index in [2.05, 4.69) is 9.55 Å². The number of hydrogen-bond donors (Lipinski definition) is 1. The average molecular weight is 186 g/mol. The molecule has 1 aromatic rings. The van der Waals surface area contributed by atoms with Gasteiger partial charge in [0.15, 0.2) is 0 Å². The van der Waals surface area contributed by atoms with Gasteiger partial charge in [0, 0.05) is 6.54 Å². The standard InChI is InChI=1S/C8H12ClN3/c9-8-7-3-6(4-10)1-2-12(7)5-11-8/h5-6H,1-4,10H2. The predicted molar refractivity (Wildman–Crippen MR) is 48.1 cm³/mol. The van der Waals surface area contributed by atoms with Gasteiger partial charge < -0.3 is 10.3 Å². The largest absolute Gasteiger partial charge is 0.333 e. The minimum Gasteiger partial charge on any atom is -0.333 e. The molecular weight excluding hydrogens is 174 g/mol. The van der Waals surface area contributed by atoms with Gasteiger partial charge in [0.1, 0.15) is 5.15 Å². The van der Waals surface area contributed by atoms with Gasteiger partial charge in [-0.25, -0.2) is 4.98 Å². The van der Waals surface area contributed by atoms with E-state index in [4.69, 9.17) is 17.3 Å². The summed E-state index contributed by atoms with van der Waals surface area (Å²) < 4.78 is 2.12. The molecule has 1 atom stereocenters. The van der Waals surface area contributed by atoms with Crippen molar-refractivity contribution < 1.29 is 0 Å². The lowest BCUT2D eigenvalue weighted by Crippen LogP contribution is -2.24. The van der Waals surface area contributed by atoms with Crippen molar-refractivity contribution in [2.75, 3.05) is 6.54 Å². The van der Waals surface area contributed by atoms with E-state index in [1.54, 1.807) is 0 Å². The summed E-state index contributed by atoms with van der Waals surface area (Å²) >= 11 is 5.91. The number of imidazole rings is 1. The molecule has 4 heteroatoms. The van der Waals surface area contributed by atoms with Crippen molar-refractivity contribution in [1.82, 2.24) is 9.55 Å². The Morgan fingerprint density at radius 2 is 2.58 bits per heavy atom. The average Bonchev–Trinajstić information content (AvgIpc) is 2.47. The van der Waals surface area contributed by atoms with Crippen LogP contribution in [0.4, 0.5) is 0 Å². The fourth-order valence-electron chi connectivity index (χ4n) is 1.68. The van der Waals surface area contributed by atoms with Crippen LogP contribution in [0, 0.1) is 5.92 Å². The minimum absolute atomic E-state index is 0.590. The molecular formula is C8H12ClN3. The van der Waals surface area contributed by atoms with E-state index in [-0.39, 0.29) is 0 Å². The van der Waals surface area contributed by atoms with E-state index >= 15 is 0 Å². The lowest BCUT2D eigenvalue weighted by molar-refractivity contribution is 0.396. The second-order valence-electron chi connectivity index (χ2n) is 3.27. The van der Waals surface area contributed by atoms with Crippen LogP contribution in [0.2, 0.25) is 5.15 Å². The van der Waals surface area contributed by atoms with E-state index in [9.17, 15) is 0 Å². The highest BCUT2D eigenvalue weighted by atomic mass is 35.5. The summed E-state index contributed by atoms with van der Waals surface area (Å²) in [6.45, 7) is 1.76. The molecule has 66 valence electrons. The molecule has 0 spiro atoms. The van der Waals surface area contributed by atoms with E-state index in [1.165, 1.54) is 0 Å². The van der Waals surface area contributed by atoms with Crippen LogP contribution in [0.1, 0.15) is 12.1 Å². The van der Waals surface area contributed by atoms with Gasteiger partial charge >= 0.3 is 0 Å². The predicted octanol–water partition coefficient (Wildman–Crippen LogP) is 1.06. The summed E-state index contributed by atoms with van der Waals surface area (Å²) in [4.78, 5) is 4.05. The van der Waals surface area contributed by atoms with Crippen molar-refractivity contribution >= 4 is 11.6 Å². The number of halogens is 1. The van der Waals surface area contributed by atoms with Gasteiger partial charge in [-0.2, -0.15) is 0 Å². The maximum Gasteiger partial charge on any atom is 0.150 e. The highest BCUT2D eigenvalue weighted by molar-refractivity contribution is 6.30. The van der Waals surface area contributed by atoms with Crippen molar-refractivity contribution in [1.29, 1.82) is 0 Å². The number of nitrogens with two attached hydrogens (primary N) is 1. The topological polar surface area (TPSA) is 43.8 Å². The van der Waals surface area contributed by atoms with Crippen molar-refractivity contribution in [3.63, 3.8) is 0 Å². The van der Waals surface area contributed by atoms with Gasteiger partial charge in [-0.3, -0.25) is 0 Å². The zero-order valence-corrected chi connectivity index (χ0v) is 7.59. The molecule has 0 aliphatic carbocycles. The van der Waals surface area contributed by atoms with Crippen LogP contribution in [0.15, 0.2) is 6.33 Å². The number of rotatable bonds is 1. The molecule has 1 aromatic heterocycles. The Kier molecular flexibility index (Phi) is 2.07. The first kappa shape index (κ1) is 8.08. The first-order valence-electron chi connectivity index (χ1n) is 4.21. The van der Waals surface area contributed by atoms with Gasteiger partial charge in [0.2, 0.25) is 0 Å². The molecule has 1 unspecified atom stereocenters. The molecule has 0 radical (unpaired) electrons. The van der Waals surface area contributed by atoms with Gasteiger partial charge in [-0.1, -0.05) is 11.6 Å². The van der Waals surface area contributed by atoms with E-state index in [0.29, 0.717) is 11.1 Å². The fraction of sp³-hybridized carbons (Fsp3) is 0.625. The van der Waals surface area contributed by atoms with Crippen molar-refractivity contribution in [3.05, 3.63) is 17.2 Å². The number of nitrogens with zero attached hydrogens (tertiary/aromatic N) is 2. The second-order valence-corrected chi connectivity index (χ2v) is 3.63. The van der Waals surface area contributed by atoms with Crippen molar-refractivity contribution in [3.8, 4) is 0 Å². The lowest BCUT2D eigenvalue weighted by atomic mass is 9.97. The Balaban J connectivity index is 2.26. The summed E-state index contributed by atoms with van der Waals surface area (Å²) in [6, 6.07) is 0. The monoisotopic (exact) mass is 185 g/mol. The molecule has 0 saturated heterocycles. The SMILES string of the molecule is NCC1CCn2cnc(Cl)c2C1. The lowest BCUT2D eigenvalue weighted by Gasteiger charge is -2.22. The van der Waals surface area contributed by atoms with Gasteiger partial charge in [-0.05, 0) is 25.3 Å². The summed E-state index contributed by atoms with van der Waals surface area (Å²) in [5, 5.41) is 0.646. The van der Waals surface area contributed by atoms with Gasteiger partial charge in [-0.15, -0.1) is 0 Å². The molecule has 0 bridgehead atoms. The molecule has 0 saturated carbocycles. The number of fused-ring (bicyclic) bond motifs is 1. The Labute approximate surface area is 76.5 Å². The Morgan fingerprint density at radius 1 is 1.75 bits per heavy atom. The Bertz CT molecular complexity index is 282. The van der Waals surface area contributed by atoms with Crippen molar-refractivity contribution in [2.24, 2.45) is 11.7 Å². The Hall–Kier alpha value is -0.540. The number of aryl methyl sites for hydroxylation is 1. The first-order chi connectivity index (χ1) is 5.81. The maximum absolute atomic E-state index is 5.91. The molecule has 2 rings (SSSR count). The van der Waals surface area contributed by atoms with Crippen LogP contribution >= 0.6 is 11.6 Å². The maximum atomic E-state index is 5.91. The third-order valence-corrected chi connectivity index (χ3v) is 2.80. The van der Waals surface area contributed by atoms with E-state index in [1.807, 2.05) is 6.33 Å². The quantitative estimate of drug-likeness (QED) is 0.711. The molecule has 0 fully saturated rings. The molecule has 12 heavy (non-hydrogen) atoms. The van der Waals surface area contributed by atoms with E-state index < -0.39 is 0 Å². The smallest absolute Gasteiger partial charge is 0.150 e. The molecule has 2 heterocycles. The number of hydrogen-bond acceptors (Lipinski definition) is 2. The molecule has 1 aliphatic rings. The molecule has 2 N–H and O–H groups in total. The van der Waals surface area contributed by atoms with E-state index in [0.717, 1.165) is 31.6 Å².